The maximum atomic E-state index is 11.3. The van der Waals surface area contributed by atoms with Crippen LogP contribution < -0.4 is 11.1 Å². The Hall–Kier alpha value is -3.11. The Labute approximate surface area is 165 Å². The van der Waals surface area contributed by atoms with E-state index in [1.54, 1.807) is 0 Å². The van der Waals surface area contributed by atoms with Gasteiger partial charge in [-0.2, -0.15) is 0 Å². The minimum Gasteiger partial charge on any atom is -0.445 e. The summed E-state index contributed by atoms with van der Waals surface area (Å²) < 4.78 is 5.32. The molecule has 3 aromatic rings. The molecule has 1 saturated heterocycles. The van der Waals surface area contributed by atoms with Crippen LogP contribution >= 0.6 is 0 Å². The molecule has 0 unspecified atom stereocenters. The van der Waals surface area contributed by atoms with E-state index in [-0.39, 0.29) is 12.1 Å². The number of benzene rings is 3. The molecule has 4 nitrogen and oxygen atoms in total. The standard InChI is InChI=1S/C24H24N2O2/c25-23(27)28-21-16-22(26-17-21)24(18-10-4-1-5-11-18,19-12-6-2-7-13-19)20-14-8-3-9-15-20/h1-15,21-22,26H,16-17H2,(H2,25,27)/t21-,22-/m0/s1. The summed E-state index contributed by atoms with van der Waals surface area (Å²) in [6.07, 6.45) is -0.281. The van der Waals surface area contributed by atoms with Crippen LogP contribution in [-0.2, 0) is 10.2 Å². The van der Waals surface area contributed by atoms with E-state index in [1.807, 2.05) is 18.2 Å². The normalized spacial score (nSPS) is 19.3. The Morgan fingerprint density at radius 3 is 1.64 bits per heavy atom. The van der Waals surface area contributed by atoms with Gasteiger partial charge < -0.3 is 15.8 Å². The van der Waals surface area contributed by atoms with Crippen LogP contribution in [0.4, 0.5) is 4.79 Å². The van der Waals surface area contributed by atoms with Gasteiger partial charge in [0.05, 0.1) is 5.41 Å². The molecule has 0 radical (unpaired) electrons. The van der Waals surface area contributed by atoms with E-state index < -0.39 is 11.5 Å². The highest BCUT2D eigenvalue weighted by molar-refractivity contribution is 5.65. The highest BCUT2D eigenvalue weighted by Crippen LogP contribution is 2.44. The Kier molecular flexibility index (Phi) is 5.13. The second-order valence-corrected chi connectivity index (χ2v) is 7.16. The number of carbonyl (C=O) groups excluding carboxylic acids is 1. The van der Waals surface area contributed by atoms with Gasteiger partial charge in [-0.1, -0.05) is 91.0 Å². The smallest absolute Gasteiger partial charge is 0.404 e. The molecule has 1 aliphatic rings. The molecule has 0 aromatic heterocycles. The van der Waals surface area contributed by atoms with Crippen LogP contribution in [0.15, 0.2) is 91.0 Å². The average Bonchev–Trinajstić information content (AvgIpc) is 3.19. The number of nitrogens with one attached hydrogen (secondary N) is 1. The number of hydrogen-bond donors (Lipinski definition) is 2. The van der Waals surface area contributed by atoms with E-state index in [9.17, 15) is 4.79 Å². The minimum atomic E-state index is -0.725. The van der Waals surface area contributed by atoms with E-state index >= 15 is 0 Å². The number of primary amides is 1. The van der Waals surface area contributed by atoms with Crippen molar-refractivity contribution in [1.29, 1.82) is 0 Å². The molecule has 0 aliphatic carbocycles. The van der Waals surface area contributed by atoms with Crippen LogP contribution in [0.25, 0.3) is 0 Å². The van der Waals surface area contributed by atoms with Crippen LogP contribution in [0, 0.1) is 0 Å². The summed E-state index contributed by atoms with van der Waals surface area (Å²) in [4.78, 5) is 11.3. The Morgan fingerprint density at radius 1 is 0.821 bits per heavy atom. The van der Waals surface area contributed by atoms with Gasteiger partial charge in [0.2, 0.25) is 0 Å². The number of ether oxygens (including phenoxy) is 1. The van der Waals surface area contributed by atoms with Crippen molar-refractivity contribution in [2.75, 3.05) is 6.54 Å². The predicted molar refractivity (Wildman–Crippen MR) is 110 cm³/mol. The predicted octanol–water partition coefficient (Wildman–Crippen LogP) is 3.85. The van der Waals surface area contributed by atoms with E-state index in [4.69, 9.17) is 10.5 Å². The largest absolute Gasteiger partial charge is 0.445 e. The first-order valence-corrected chi connectivity index (χ1v) is 9.57. The summed E-state index contributed by atoms with van der Waals surface area (Å²) in [5.41, 5.74) is 8.45. The van der Waals surface area contributed by atoms with E-state index in [0.717, 1.165) is 0 Å². The third-order valence-electron chi connectivity index (χ3n) is 5.58. The lowest BCUT2D eigenvalue weighted by Gasteiger charge is -2.41. The van der Waals surface area contributed by atoms with Gasteiger partial charge >= 0.3 is 6.09 Å². The van der Waals surface area contributed by atoms with Crippen LogP contribution in [0.2, 0.25) is 0 Å². The summed E-state index contributed by atoms with van der Waals surface area (Å²) in [7, 11) is 0. The van der Waals surface area contributed by atoms with Gasteiger partial charge in [0.25, 0.3) is 0 Å². The summed E-state index contributed by atoms with van der Waals surface area (Å²) in [5, 5.41) is 3.62. The summed E-state index contributed by atoms with van der Waals surface area (Å²) >= 11 is 0. The van der Waals surface area contributed by atoms with Gasteiger partial charge in [-0.25, -0.2) is 4.79 Å². The van der Waals surface area contributed by atoms with Crippen molar-refractivity contribution >= 4 is 6.09 Å². The second-order valence-electron chi connectivity index (χ2n) is 7.16. The molecule has 28 heavy (non-hydrogen) atoms. The molecule has 1 amide bonds. The van der Waals surface area contributed by atoms with Crippen molar-refractivity contribution in [2.45, 2.75) is 24.0 Å². The van der Waals surface area contributed by atoms with E-state index in [0.29, 0.717) is 13.0 Å². The SMILES string of the molecule is NC(=O)O[C@@H]1CN[C@H](C(c2ccccc2)(c2ccccc2)c2ccccc2)C1. The molecule has 142 valence electrons. The molecular weight excluding hydrogens is 348 g/mol. The lowest BCUT2D eigenvalue weighted by Crippen LogP contribution is -2.47. The van der Waals surface area contributed by atoms with Crippen molar-refractivity contribution in [2.24, 2.45) is 5.73 Å². The first kappa shape index (κ1) is 18.3. The van der Waals surface area contributed by atoms with Gasteiger partial charge in [0.15, 0.2) is 0 Å². The zero-order valence-electron chi connectivity index (χ0n) is 15.6. The minimum absolute atomic E-state index is 0.0454. The summed E-state index contributed by atoms with van der Waals surface area (Å²) in [6, 6.07) is 31.6. The fourth-order valence-electron chi connectivity index (χ4n) is 4.49. The van der Waals surface area contributed by atoms with E-state index in [1.165, 1.54) is 16.7 Å². The highest BCUT2D eigenvalue weighted by Gasteiger charge is 2.47. The zero-order valence-corrected chi connectivity index (χ0v) is 15.6. The van der Waals surface area contributed by atoms with Crippen LogP contribution in [0.5, 0.6) is 0 Å². The maximum absolute atomic E-state index is 11.3. The topological polar surface area (TPSA) is 64.4 Å². The van der Waals surface area contributed by atoms with Crippen LogP contribution in [0.1, 0.15) is 23.1 Å². The quantitative estimate of drug-likeness (QED) is 0.669. The molecule has 1 heterocycles. The van der Waals surface area contributed by atoms with Gasteiger partial charge in [-0.15, -0.1) is 0 Å². The van der Waals surface area contributed by atoms with Crippen molar-refractivity contribution in [3.05, 3.63) is 108 Å². The Morgan fingerprint density at radius 2 is 1.25 bits per heavy atom. The molecule has 0 saturated carbocycles. The number of hydrogen-bond acceptors (Lipinski definition) is 3. The van der Waals surface area contributed by atoms with Gasteiger partial charge in [-0.3, -0.25) is 0 Å². The van der Waals surface area contributed by atoms with Crippen molar-refractivity contribution in [3.8, 4) is 0 Å². The highest BCUT2D eigenvalue weighted by atomic mass is 16.6. The van der Waals surface area contributed by atoms with Gasteiger partial charge in [0.1, 0.15) is 6.10 Å². The van der Waals surface area contributed by atoms with Crippen molar-refractivity contribution in [1.82, 2.24) is 5.32 Å². The molecule has 0 bridgehead atoms. The second kappa shape index (κ2) is 7.87. The molecule has 4 heteroatoms. The fraction of sp³-hybridized carbons (Fsp3) is 0.208. The molecule has 2 atom stereocenters. The lowest BCUT2D eigenvalue weighted by atomic mass is 9.64. The molecular formula is C24H24N2O2. The Bertz CT molecular complexity index is 816. The molecule has 0 spiro atoms. The third kappa shape index (κ3) is 3.27. The van der Waals surface area contributed by atoms with Crippen LogP contribution in [-0.4, -0.2) is 24.8 Å². The molecule has 1 fully saturated rings. The number of carbonyl (C=O) groups is 1. The van der Waals surface area contributed by atoms with Crippen molar-refractivity contribution < 1.29 is 9.53 Å². The molecule has 3 aromatic carbocycles. The average molecular weight is 372 g/mol. The number of amides is 1. The monoisotopic (exact) mass is 372 g/mol. The first-order chi connectivity index (χ1) is 13.7. The molecule has 1 aliphatic heterocycles. The zero-order chi connectivity index (χ0) is 19.4. The number of rotatable bonds is 5. The summed E-state index contributed by atoms with van der Waals surface area (Å²) in [5.74, 6) is 0. The molecule has 3 N–H and O–H groups in total. The fourth-order valence-corrected chi connectivity index (χ4v) is 4.49. The van der Waals surface area contributed by atoms with Gasteiger partial charge in [-0.05, 0) is 16.7 Å². The van der Waals surface area contributed by atoms with Crippen molar-refractivity contribution in [3.63, 3.8) is 0 Å². The molecule has 4 rings (SSSR count). The number of nitrogens with two attached hydrogens (primary N) is 1. The maximum Gasteiger partial charge on any atom is 0.404 e. The lowest BCUT2D eigenvalue weighted by molar-refractivity contribution is 0.114. The summed E-state index contributed by atoms with van der Waals surface area (Å²) in [6.45, 7) is 0.585. The van der Waals surface area contributed by atoms with Gasteiger partial charge in [0, 0.05) is 19.0 Å². The third-order valence-corrected chi connectivity index (χ3v) is 5.58. The van der Waals surface area contributed by atoms with Crippen LogP contribution in [0.3, 0.4) is 0 Å². The Balaban J connectivity index is 1.91. The van der Waals surface area contributed by atoms with E-state index in [2.05, 4.69) is 78.1 Å². The first-order valence-electron chi connectivity index (χ1n) is 9.57.